The van der Waals surface area contributed by atoms with E-state index >= 15 is 0 Å². The van der Waals surface area contributed by atoms with Crippen molar-refractivity contribution in [2.24, 2.45) is 0 Å². The number of carboxylic acid groups (broad SMARTS) is 1. The van der Waals surface area contributed by atoms with E-state index < -0.39 is 5.97 Å². The van der Waals surface area contributed by atoms with Crippen LogP contribution in [0, 0.1) is 0 Å². The molecule has 0 aliphatic carbocycles. The molecular weight excluding hydrogens is 488 g/mol. The predicted molar refractivity (Wildman–Crippen MR) is 129 cm³/mol. The quantitative estimate of drug-likeness (QED) is 0.303. The number of benzene rings is 3. The number of hydrogen-bond donors (Lipinski definition) is 1. The largest absolute Gasteiger partial charge is 0.497 e. The van der Waals surface area contributed by atoms with Crippen molar-refractivity contribution in [3.63, 3.8) is 0 Å². The van der Waals surface area contributed by atoms with E-state index in [-0.39, 0.29) is 11.8 Å². The lowest BCUT2D eigenvalue weighted by Gasteiger charge is -2.05. The van der Waals surface area contributed by atoms with Gasteiger partial charge in [0.05, 0.1) is 29.9 Å². The molecule has 0 aliphatic rings. The highest BCUT2D eigenvalue weighted by Crippen LogP contribution is 2.38. The molecule has 2 aromatic heterocycles. The van der Waals surface area contributed by atoms with Gasteiger partial charge in [0.1, 0.15) is 28.9 Å². The fraction of sp³-hybridized carbons (Fsp3) is 0.0769. The third-order valence-electron chi connectivity index (χ3n) is 5.53. The molecule has 0 saturated heterocycles. The molecule has 0 fully saturated rings. The highest BCUT2D eigenvalue weighted by atomic mass is 79.9. The van der Waals surface area contributed by atoms with E-state index in [2.05, 4.69) is 15.9 Å². The van der Waals surface area contributed by atoms with Crippen LogP contribution in [0.25, 0.3) is 44.4 Å². The van der Waals surface area contributed by atoms with E-state index in [4.69, 9.17) is 13.6 Å². The van der Waals surface area contributed by atoms with Gasteiger partial charge in [0.2, 0.25) is 5.43 Å². The van der Waals surface area contributed by atoms with Gasteiger partial charge < -0.3 is 18.7 Å². The molecule has 0 unspecified atom stereocenters. The van der Waals surface area contributed by atoms with Crippen molar-refractivity contribution in [3.05, 3.63) is 87.2 Å². The molecule has 0 atom stereocenters. The van der Waals surface area contributed by atoms with Crippen LogP contribution in [-0.4, -0.2) is 18.2 Å². The Morgan fingerprint density at radius 1 is 1.00 bits per heavy atom. The average molecular weight is 505 g/mol. The van der Waals surface area contributed by atoms with E-state index in [9.17, 15) is 14.7 Å². The first-order valence-electron chi connectivity index (χ1n) is 10.1. The maximum Gasteiger partial charge on any atom is 0.307 e. The number of carbonyl (C=O) groups is 1. The van der Waals surface area contributed by atoms with E-state index in [0.717, 1.165) is 10.0 Å². The second kappa shape index (κ2) is 8.26. The van der Waals surface area contributed by atoms with E-state index in [0.29, 0.717) is 50.1 Å². The third kappa shape index (κ3) is 3.70. The smallest absolute Gasteiger partial charge is 0.307 e. The van der Waals surface area contributed by atoms with Crippen molar-refractivity contribution in [1.82, 2.24) is 0 Å². The number of carboxylic acids is 1. The highest BCUT2D eigenvalue weighted by Gasteiger charge is 2.23. The van der Waals surface area contributed by atoms with E-state index in [1.54, 1.807) is 43.5 Å². The number of fused-ring (bicyclic) bond motifs is 3. The summed E-state index contributed by atoms with van der Waals surface area (Å²) in [4.78, 5) is 25.0. The maximum absolute atomic E-state index is 13.3. The van der Waals surface area contributed by atoms with Crippen LogP contribution in [0.4, 0.5) is 0 Å². The van der Waals surface area contributed by atoms with Crippen molar-refractivity contribution < 1.29 is 23.5 Å². The summed E-state index contributed by atoms with van der Waals surface area (Å²) in [6.45, 7) is 0. The second-order valence-electron chi connectivity index (χ2n) is 7.51. The van der Waals surface area contributed by atoms with Gasteiger partial charge in [0.25, 0.3) is 0 Å². The standard InChI is InChI=1S/C26H17BrO6/c1-31-17-8-4-15(5-9-17)25-19(12-22(28)29)23-21(33-25)11-10-18-24(30)20(13-32-26(18)23)14-2-6-16(27)7-3-14/h2-11,13H,12H2,1H3,(H,28,29). The Kier molecular flexibility index (Phi) is 5.26. The van der Waals surface area contributed by atoms with Gasteiger partial charge in [-0.2, -0.15) is 0 Å². The Morgan fingerprint density at radius 2 is 1.70 bits per heavy atom. The molecule has 164 valence electrons. The minimum absolute atomic E-state index is 0.200. The van der Waals surface area contributed by atoms with E-state index in [1.165, 1.54) is 6.26 Å². The lowest BCUT2D eigenvalue weighted by molar-refractivity contribution is -0.136. The average Bonchev–Trinajstić information content (AvgIpc) is 3.18. The van der Waals surface area contributed by atoms with Gasteiger partial charge >= 0.3 is 5.97 Å². The first-order valence-corrected chi connectivity index (χ1v) is 10.9. The van der Waals surface area contributed by atoms with Crippen molar-refractivity contribution in [3.8, 4) is 28.2 Å². The van der Waals surface area contributed by atoms with Crippen LogP contribution in [0.1, 0.15) is 5.56 Å². The molecule has 2 heterocycles. The van der Waals surface area contributed by atoms with Crippen molar-refractivity contribution in [2.45, 2.75) is 6.42 Å². The van der Waals surface area contributed by atoms with Gasteiger partial charge in [0.15, 0.2) is 0 Å². The van der Waals surface area contributed by atoms with Crippen molar-refractivity contribution in [1.29, 1.82) is 0 Å². The molecule has 1 N–H and O–H groups in total. The molecule has 3 aromatic carbocycles. The zero-order valence-electron chi connectivity index (χ0n) is 17.4. The van der Waals surface area contributed by atoms with Crippen LogP contribution in [-0.2, 0) is 11.2 Å². The molecule has 0 bridgehead atoms. The lowest BCUT2D eigenvalue weighted by atomic mass is 10.00. The molecule has 0 amide bonds. The van der Waals surface area contributed by atoms with Gasteiger partial charge in [-0.25, -0.2) is 0 Å². The Bertz CT molecular complexity index is 1560. The van der Waals surface area contributed by atoms with E-state index in [1.807, 2.05) is 24.3 Å². The number of ether oxygens (including phenoxy) is 1. The van der Waals surface area contributed by atoms with Crippen LogP contribution in [0.3, 0.4) is 0 Å². The molecular formula is C26H17BrO6. The number of methoxy groups -OCH3 is 1. The van der Waals surface area contributed by atoms with Crippen molar-refractivity contribution in [2.75, 3.05) is 7.11 Å². The molecule has 0 radical (unpaired) electrons. The van der Waals surface area contributed by atoms with Gasteiger partial charge in [-0.1, -0.05) is 28.1 Å². The molecule has 0 spiro atoms. The van der Waals surface area contributed by atoms with Crippen LogP contribution >= 0.6 is 15.9 Å². The Labute approximate surface area is 196 Å². The fourth-order valence-electron chi connectivity index (χ4n) is 3.96. The van der Waals surface area contributed by atoms with Crippen LogP contribution in [0.5, 0.6) is 5.75 Å². The Morgan fingerprint density at radius 3 is 2.36 bits per heavy atom. The van der Waals surface area contributed by atoms with Gasteiger partial charge in [-0.05, 0) is 54.1 Å². The van der Waals surface area contributed by atoms with Crippen LogP contribution < -0.4 is 10.2 Å². The first-order chi connectivity index (χ1) is 16.0. The Balaban J connectivity index is 1.77. The summed E-state index contributed by atoms with van der Waals surface area (Å²) in [6.07, 6.45) is 1.13. The number of halogens is 1. The predicted octanol–water partition coefficient (Wildman–Crippen LogP) is 6.27. The normalized spacial score (nSPS) is 11.2. The molecule has 6 nitrogen and oxygen atoms in total. The second-order valence-corrected chi connectivity index (χ2v) is 8.43. The minimum Gasteiger partial charge on any atom is -0.497 e. The number of aliphatic carboxylic acids is 1. The number of hydrogen-bond acceptors (Lipinski definition) is 5. The Hall–Kier alpha value is -3.84. The summed E-state index contributed by atoms with van der Waals surface area (Å²) in [5.74, 6) is 0.0760. The van der Waals surface area contributed by atoms with Crippen molar-refractivity contribution >= 4 is 43.8 Å². The summed E-state index contributed by atoms with van der Waals surface area (Å²) < 4.78 is 18.1. The topological polar surface area (TPSA) is 89.9 Å². The summed E-state index contributed by atoms with van der Waals surface area (Å²) in [7, 11) is 1.57. The summed E-state index contributed by atoms with van der Waals surface area (Å²) >= 11 is 3.39. The molecule has 5 aromatic rings. The van der Waals surface area contributed by atoms with Gasteiger partial charge in [-0.3, -0.25) is 9.59 Å². The summed E-state index contributed by atoms with van der Waals surface area (Å²) in [5.41, 5.74) is 2.85. The molecule has 0 aliphatic heterocycles. The van der Waals surface area contributed by atoms with Gasteiger partial charge in [0, 0.05) is 15.6 Å². The fourth-order valence-corrected chi connectivity index (χ4v) is 4.23. The summed E-state index contributed by atoms with van der Waals surface area (Å²) in [5, 5.41) is 10.4. The van der Waals surface area contributed by atoms with Crippen LogP contribution in [0.15, 0.2) is 85.0 Å². The number of furan rings is 1. The van der Waals surface area contributed by atoms with Gasteiger partial charge in [-0.15, -0.1) is 0 Å². The summed E-state index contributed by atoms with van der Waals surface area (Å²) in [6, 6.07) is 17.8. The SMILES string of the molecule is COc1ccc(-c2oc3ccc4c(=O)c(-c5ccc(Br)cc5)coc4c3c2CC(=O)O)cc1. The number of rotatable bonds is 5. The molecule has 7 heteroatoms. The lowest BCUT2D eigenvalue weighted by Crippen LogP contribution is -2.05. The molecule has 0 saturated carbocycles. The minimum atomic E-state index is -1.02. The monoisotopic (exact) mass is 504 g/mol. The molecule has 33 heavy (non-hydrogen) atoms. The van der Waals surface area contributed by atoms with Crippen LogP contribution in [0.2, 0.25) is 0 Å². The zero-order chi connectivity index (χ0) is 23.1. The zero-order valence-corrected chi connectivity index (χ0v) is 19.0. The molecule has 5 rings (SSSR count). The highest BCUT2D eigenvalue weighted by molar-refractivity contribution is 9.10. The maximum atomic E-state index is 13.3. The third-order valence-corrected chi connectivity index (χ3v) is 6.06. The first kappa shape index (κ1) is 21.0.